The Labute approximate surface area is 73.3 Å². The highest BCUT2D eigenvalue weighted by molar-refractivity contribution is 4.87. The highest BCUT2D eigenvalue weighted by atomic mass is 16.5. The number of fused-ring (bicyclic) bond motifs is 3. The van der Waals surface area contributed by atoms with E-state index < -0.39 is 0 Å². The van der Waals surface area contributed by atoms with E-state index in [9.17, 15) is 0 Å². The van der Waals surface area contributed by atoms with E-state index in [0.717, 1.165) is 12.5 Å². The molecule has 2 bridgehead atoms. The molecular weight excluding hydrogens is 154 g/mol. The molecule has 0 amide bonds. The normalized spacial score (nSPS) is 40.2. The summed E-state index contributed by atoms with van der Waals surface area (Å²) in [6.45, 7) is 4.26. The second kappa shape index (κ2) is 3.73. The van der Waals surface area contributed by atoms with Gasteiger partial charge >= 0.3 is 0 Å². The van der Waals surface area contributed by atoms with Crippen LogP contribution in [-0.4, -0.2) is 49.0 Å². The van der Waals surface area contributed by atoms with Crippen molar-refractivity contribution in [3.8, 4) is 0 Å². The summed E-state index contributed by atoms with van der Waals surface area (Å²) in [5.74, 6) is 0.765. The number of hydrogen-bond acceptors (Lipinski definition) is 3. The fraction of sp³-hybridized carbons (Fsp3) is 1.00. The SMILES string of the molecule is OCCO[C@H]1CN2CCC1CC2. The van der Waals surface area contributed by atoms with Crippen molar-refractivity contribution in [3.05, 3.63) is 0 Å². The van der Waals surface area contributed by atoms with Crippen LogP contribution in [0.25, 0.3) is 0 Å². The molecule has 70 valence electrons. The third-order valence-electron chi connectivity index (χ3n) is 3.02. The van der Waals surface area contributed by atoms with Crippen LogP contribution in [0.3, 0.4) is 0 Å². The van der Waals surface area contributed by atoms with Gasteiger partial charge in [-0.1, -0.05) is 0 Å². The maximum Gasteiger partial charge on any atom is 0.0732 e. The van der Waals surface area contributed by atoms with Crippen molar-refractivity contribution in [2.75, 3.05) is 32.8 Å². The molecule has 3 saturated heterocycles. The molecule has 1 atom stereocenters. The van der Waals surface area contributed by atoms with Crippen molar-refractivity contribution >= 4 is 0 Å². The van der Waals surface area contributed by atoms with Crippen molar-refractivity contribution in [2.24, 2.45) is 5.92 Å². The summed E-state index contributed by atoms with van der Waals surface area (Å²) in [7, 11) is 0. The van der Waals surface area contributed by atoms with Gasteiger partial charge in [0.2, 0.25) is 0 Å². The summed E-state index contributed by atoms with van der Waals surface area (Å²) in [6, 6.07) is 0. The predicted molar refractivity (Wildman–Crippen MR) is 46.0 cm³/mol. The van der Waals surface area contributed by atoms with E-state index in [1.54, 1.807) is 0 Å². The van der Waals surface area contributed by atoms with Crippen LogP contribution in [0.15, 0.2) is 0 Å². The third-order valence-corrected chi connectivity index (χ3v) is 3.02. The van der Waals surface area contributed by atoms with Crippen LogP contribution in [0.5, 0.6) is 0 Å². The topological polar surface area (TPSA) is 32.7 Å². The van der Waals surface area contributed by atoms with Gasteiger partial charge < -0.3 is 14.7 Å². The van der Waals surface area contributed by atoms with Crippen LogP contribution in [-0.2, 0) is 4.74 Å². The number of rotatable bonds is 3. The highest BCUT2D eigenvalue weighted by Crippen LogP contribution is 2.29. The lowest BCUT2D eigenvalue weighted by atomic mass is 9.86. The Kier molecular flexibility index (Phi) is 2.63. The summed E-state index contributed by atoms with van der Waals surface area (Å²) in [5.41, 5.74) is 0. The van der Waals surface area contributed by atoms with Crippen molar-refractivity contribution < 1.29 is 9.84 Å². The van der Waals surface area contributed by atoms with Gasteiger partial charge in [-0.05, 0) is 31.8 Å². The Hall–Kier alpha value is -0.120. The van der Waals surface area contributed by atoms with Crippen LogP contribution in [0, 0.1) is 5.92 Å². The largest absolute Gasteiger partial charge is 0.394 e. The molecule has 3 heteroatoms. The molecule has 3 nitrogen and oxygen atoms in total. The standard InChI is InChI=1S/C9H17NO2/c11-5-6-12-9-7-10-3-1-8(9)2-4-10/h8-9,11H,1-7H2/t9-/m0/s1. The molecule has 0 aromatic heterocycles. The summed E-state index contributed by atoms with van der Waals surface area (Å²) in [4.78, 5) is 2.46. The van der Waals surface area contributed by atoms with Gasteiger partial charge in [0.05, 0.1) is 19.3 Å². The molecule has 3 aliphatic heterocycles. The molecule has 3 aliphatic rings. The number of nitrogens with zero attached hydrogens (tertiary/aromatic N) is 1. The Morgan fingerprint density at radius 3 is 2.58 bits per heavy atom. The van der Waals surface area contributed by atoms with Gasteiger partial charge in [0, 0.05) is 6.54 Å². The molecule has 0 unspecified atom stereocenters. The molecule has 3 rings (SSSR count). The Balaban J connectivity index is 1.82. The molecular formula is C9H17NO2. The smallest absolute Gasteiger partial charge is 0.0732 e. The van der Waals surface area contributed by atoms with Gasteiger partial charge in [-0.3, -0.25) is 0 Å². The lowest BCUT2D eigenvalue weighted by Crippen LogP contribution is -2.51. The lowest BCUT2D eigenvalue weighted by Gasteiger charge is -2.44. The van der Waals surface area contributed by atoms with Crippen molar-refractivity contribution in [3.63, 3.8) is 0 Å². The Morgan fingerprint density at radius 2 is 2.08 bits per heavy atom. The number of ether oxygens (including phenoxy) is 1. The van der Waals surface area contributed by atoms with Crippen molar-refractivity contribution in [1.82, 2.24) is 4.90 Å². The van der Waals surface area contributed by atoms with E-state index >= 15 is 0 Å². The van der Waals surface area contributed by atoms with Gasteiger partial charge in [0.1, 0.15) is 0 Å². The van der Waals surface area contributed by atoms with Gasteiger partial charge in [-0.25, -0.2) is 0 Å². The molecule has 12 heavy (non-hydrogen) atoms. The van der Waals surface area contributed by atoms with E-state index in [0.29, 0.717) is 12.7 Å². The predicted octanol–water partition coefficient (Wildman–Crippen LogP) is 0.0895. The van der Waals surface area contributed by atoms with E-state index in [1.807, 2.05) is 0 Å². The number of aliphatic hydroxyl groups is 1. The first-order valence-corrected chi connectivity index (χ1v) is 4.85. The van der Waals surface area contributed by atoms with Gasteiger partial charge in [-0.2, -0.15) is 0 Å². The van der Waals surface area contributed by atoms with E-state index in [1.165, 1.54) is 25.9 Å². The monoisotopic (exact) mass is 171 g/mol. The zero-order chi connectivity index (χ0) is 8.39. The molecule has 3 fully saturated rings. The third kappa shape index (κ3) is 1.63. The Bertz CT molecular complexity index is 143. The fourth-order valence-corrected chi connectivity index (χ4v) is 2.30. The maximum absolute atomic E-state index is 8.63. The zero-order valence-corrected chi connectivity index (χ0v) is 7.41. The van der Waals surface area contributed by atoms with Gasteiger partial charge in [0.25, 0.3) is 0 Å². The molecule has 0 aromatic rings. The molecule has 0 radical (unpaired) electrons. The second-order valence-corrected chi connectivity index (χ2v) is 3.77. The van der Waals surface area contributed by atoms with Gasteiger partial charge in [0.15, 0.2) is 0 Å². The van der Waals surface area contributed by atoms with Crippen LogP contribution >= 0.6 is 0 Å². The van der Waals surface area contributed by atoms with Gasteiger partial charge in [-0.15, -0.1) is 0 Å². The average Bonchev–Trinajstić information content (AvgIpc) is 2.17. The van der Waals surface area contributed by atoms with E-state index in [2.05, 4.69) is 4.90 Å². The van der Waals surface area contributed by atoms with E-state index in [-0.39, 0.29) is 6.61 Å². The van der Waals surface area contributed by atoms with Crippen molar-refractivity contribution in [2.45, 2.75) is 18.9 Å². The van der Waals surface area contributed by atoms with Crippen LogP contribution in [0.4, 0.5) is 0 Å². The number of hydrogen-bond donors (Lipinski definition) is 1. The minimum Gasteiger partial charge on any atom is -0.394 e. The quantitative estimate of drug-likeness (QED) is 0.653. The molecule has 0 aromatic carbocycles. The first kappa shape index (κ1) is 8.48. The molecule has 0 saturated carbocycles. The van der Waals surface area contributed by atoms with Crippen LogP contribution < -0.4 is 0 Å². The first-order chi connectivity index (χ1) is 5.90. The zero-order valence-electron chi connectivity index (χ0n) is 7.41. The molecule has 3 heterocycles. The Morgan fingerprint density at radius 1 is 1.33 bits per heavy atom. The summed E-state index contributed by atoms with van der Waals surface area (Å²) < 4.78 is 5.57. The minimum atomic E-state index is 0.156. The van der Waals surface area contributed by atoms with Crippen LogP contribution in [0.1, 0.15) is 12.8 Å². The van der Waals surface area contributed by atoms with E-state index in [4.69, 9.17) is 9.84 Å². The summed E-state index contributed by atoms with van der Waals surface area (Å²) >= 11 is 0. The minimum absolute atomic E-state index is 0.156. The van der Waals surface area contributed by atoms with Crippen molar-refractivity contribution in [1.29, 1.82) is 0 Å². The molecule has 0 spiro atoms. The summed E-state index contributed by atoms with van der Waals surface area (Å²) in [5, 5.41) is 8.63. The highest BCUT2D eigenvalue weighted by Gasteiger charge is 2.34. The number of aliphatic hydroxyl groups excluding tert-OH is 1. The average molecular weight is 171 g/mol. The summed E-state index contributed by atoms with van der Waals surface area (Å²) in [6.07, 6.45) is 2.98. The fourth-order valence-electron chi connectivity index (χ4n) is 2.30. The molecule has 0 aliphatic carbocycles. The molecule has 1 N–H and O–H groups in total. The number of piperidine rings is 3. The first-order valence-electron chi connectivity index (χ1n) is 4.85. The van der Waals surface area contributed by atoms with Crippen LogP contribution in [0.2, 0.25) is 0 Å². The maximum atomic E-state index is 8.63. The lowest BCUT2D eigenvalue weighted by molar-refractivity contribution is -0.0766. The second-order valence-electron chi connectivity index (χ2n) is 3.77.